The van der Waals surface area contributed by atoms with Crippen molar-refractivity contribution in [1.82, 2.24) is 14.9 Å². The lowest BCUT2D eigenvalue weighted by atomic mass is 9.95. The molecule has 3 heterocycles. The molecule has 0 bridgehead atoms. The highest BCUT2D eigenvalue weighted by atomic mass is 16.2. The van der Waals surface area contributed by atoms with E-state index in [4.69, 9.17) is 0 Å². The normalized spacial score (nSPS) is 18.1. The van der Waals surface area contributed by atoms with Crippen molar-refractivity contribution in [2.75, 3.05) is 5.32 Å². The molecule has 0 unspecified atom stereocenters. The molecule has 2 aliphatic rings. The number of benzene rings is 1. The third-order valence-corrected chi connectivity index (χ3v) is 4.91. The Morgan fingerprint density at radius 1 is 1.36 bits per heavy atom. The molecule has 128 valence electrons. The van der Waals surface area contributed by atoms with Gasteiger partial charge in [-0.25, -0.2) is 9.97 Å². The number of aryl methyl sites for hydroxylation is 2. The molecule has 6 heteroatoms. The van der Waals surface area contributed by atoms with Crippen molar-refractivity contribution in [1.29, 1.82) is 0 Å². The van der Waals surface area contributed by atoms with Gasteiger partial charge in [-0.3, -0.25) is 9.59 Å². The topological polar surface area (TPSA) is 75.2 Å². The fraction of sp³-hybridized carbons (Fsp3) is 0.368. The van der Waals surface area contributed by atoms with E-state index in [2.05, 4.69) is 15.3 Å². The van der Waals surface area contributed by atoms with E-state index in [0.29, 0.717) is 13.1 Å². The zero-order chi connectivity index (χ0) is 17.6. The quantitative estimate of drug-likeness (QED) is 0.933. The van der Waals surface area contributed by atoms with Crippen LogP contribution < -0.4 is 5.32 Å². The number of hydrogen-bond donors (Lipinski definition) is 1. The number of aromatic nitrogens is 2. The molecule has 0 radical (unpaired) electrons. The van der Waals surface area contributed by atoms with E-state index < -0.39 is 5.92 Å². The van der Waals surface area contributed by atoms with Crippen molar-refractivity contribution in [3.8, 4) is 0 Å². The molecule has 4 rings (SSSR count). The van der Waals surface area contributed by atoms with Crippen molar-refractivity contribution in [2.24, 2.45) is 0 Å². The van der Waals surface area contributed by atoms with Crippen LogP contribution in [-0.4, -0.2) is 26.7 Å². The number of amides is 2. The highest BCUT2D eigenvalue weighted by molar-refractivity contribution is 6.05. The molecule has 0 aliphatic carbocycles. The number of carbonyl (C=O) groups is 2. The molecule has 1 aromatic heterocycles. The Morgan fingerprint density at radius 2 is 2.20 bits per heavy atom. The lowest BCUT2D eigenvalue weighted by molar-refractivity contribution is -0.134. The van der Waals surface area contributed by atoms with Gasteiger partial charge in [0, 0.05) is 36.8 Å². The van der Waals surface area contributed by atoms with E-state index in [9.17, 15) is 9.59 Å². The second-order valence-corrected chi connectivity index (χ2v) is 6.70. The minimum Gasteiger partial charge on any atom is -0.332 e. The lowest BCUT2D eigenvalue weighted by Gasteiger charge is -2.17. The molecule has 2 aromatic rings. The zero-order valence-electron chi connectivity index (χ0n) is 14.4. The molecule has 0 spiro atoms. The molecule has 2 aliphatic heterocycles. The van der Waals surface area contributed by atoms with Gasteiger partial charge in [0.2, 0.25) is 11.8 Å². The van der Waals surface area contributed by atoms with E-state index in [1.165, 1.54) is 0 Å². The van der Waals surface area contributed by atoms with Crippen LogP contribution in [0, 0.1) is 6.92 Å². The number of carbonyl (C=O) groups excluding carboxylic acids is 2. The minimum atomic E-state index is -0.414. The first-order valence-electron chi connectivity index (χ1n) is 8.58. The Bertz CT molecular complexity index is 878. The van der Waals surface area contributed by atoms with Gasteiger partial charge in [-0.15, -0.1) is 0 Å². The van der Waals surface area contributed by atoms with Crippen molar-refractivity contribution in [3.05, 3.63) is 52.6 Å². The summed E-state index contributed by atoms with van der Waals surface area (Å²) in [5.74, 6) is 0.264. The average molecular weight is 336 g/mol. The van der Waals surface area contributed by atoms with Crippen LogP contribution >= 0.6 is 0 Å². The largest absolute Gasteiger partial charge is 0.332 e. The van der Waals surface area contributed by atoms with Crippen LogP contribution in [0.4, 0.5) is 5.69 Å². The SMILES string of the molecule is CCc1ncc2c(n1)CN(C(=O)C[C@@H]1C(=O)Nc3ccc(C)cc31)C2. The van der Waals surface area contributed by atoms with E-state index in [1.807, 2.05) is 38.2 Å². The summed E-state index contributed by atoms with van der Waals surface area (Å²) < 4.78 is 0. The number of nitrogens with one attached hydrogen (secondary N) is 1. The summed E-state index contributed by atoms with van der Waals surface area (Å²) in [6, 6.07) is 5.86. The maximum atomic E-state index is 12.8. The van der Waals surface area contributed by atoms with Crippen LogP contribution in [0.1, 0.15) is 47.5 Å². The maximum Gasteiger partial charge on any atom is 0.232 e. The monoisotopic (exact) mass is 336 g/mol. The minimum absolute atomic E-state index is 0.0226. The molecule has 0 saturated carbocycles. The Balaban J connectivity index is 1.50. The summed E-state index contributed by atoms with van der Waals surface area (Å²) in [5.41, 5.74) is 4.74. The predicted octanol–water partition coefficient (Wildman–Crippen LogP) is 2.32. The Morgan fingerprint density at radius 3 is 3.00 bits per heavy atom. The second kappa shape index (κ2) is 5.95. The standard InChI is InChI=1S/C19H20N4O2/c1-3-17-20-8-12-9-23(10-16(12)21-17)18(24)7-14-13-6-11(2)4-5-15(13)22-19(14)25/h4-6,8,14H,3,7,9-10H2,1-2H3,(H,22,25)/t14-/m0/s1. The molecule has 1 atom stereocenters. The fourth-order valence-corrected chi connectivity index (χ4v) is 3.49. The average Bonchev–Trinajstić information content (AvgIpc) is 3.16. The molecule has 1 aromatic carbocycles. The lowest BCUT2D eigenvalue weighted by Crippen LogP contribution is -2.28. The molecule has 6 nitrogen and oxygen atoms in total. The maximum absolute atomic E-state index is 12.8. The number of anilines is 1. The number of rotatable bonds is 3. The molecular formula is C19H20N4O2. The van der Waals surface area contributed by atoms with Crippen LogP contribution in [-0.2, 0) is 29.1 Å². The summed E-state index contributed by atoms with van der Waals surface area (Å²) in [4.78, 5) is 35.6. The van der Waals surface area contributed by atoms with Gasteiger partial charge in [0.05, 0.1) is 18.2 Å². The molecule has 0 fully saturated rings. The molecule has 25 heavy (non-hydrogen) atoms. The van der Waals surface area contributed by atoms with E-state index in [1.54, 1.807) is 4.90 Å². The van der Waals surface area contributed by atoms with Gasteiger partial charge in [-0.2, -0.15) is 0 Å². The van der Waals surface area contributed by atoms with E-state index >= 15 is 0 Å². The van der Waals surface area contributed by atoms with Crippen molar-refractivity contribution in [2.45, 2.75) is 45.7 Å². The van der Waals surface area contributed by atoms with E-state index in [0.717, 1.165) is 40.3 Å². The summed E-state index contributed by atoms with van der Waals surface area (Å²) in [6.45, 7) is 5.02. The Labute approximate surface area is 146 Å². The van der Waals surface area contributed by atoms with Gasteiger partial charge in [0.15, 0.2) is 0 Å². The first kappa shape index (κ1) is 15.7. The van der Waals surface area contributed by atoms with Crippen molar-refractivity contribution >= 4 is 17.5 Å². The van der Waals surface area contributed by atoms with Crippen molar-refractivity contribution < 1.29 is 9.59 Å². The van der Waals surface area contributed by atoms with Crippen LogP contribution in [0.15, 0.2) is 24.4 Å². The van der Waals surface area contributed by atoms with Gasteiger partial charge < -0.3 is 10.2 Å². The summed E-state index contributed by atoms with van der Waals surface area (Å²) in [6.07, 6.45) is 2.78. The predicted molar refractivity (Wildman–Crippen MR) is 92.8 cm³/mol. The molecular weight excluding hydrogens is 316 g/mol. The van der Waals surface area contributed by atoms with Crippen LogP contribution in [0.3, 0.4) is 0 Å². The first-order valence-corrected chi connectivity index (χ1v) is 8.58. The summed E-state index contributed by atoms with van der Waals surface area (Å²) in [5, 5.41) is 2.87. The number of fused-ring (bicyclic) bond motifs is 2. The Kier molecular flexibility index (Phi) is 3.75. The fourth-order valence-electron chi connectivity index (χ4n) is 3.49. The summed E-state index contributed by atoms with van der Waals surface area (Å²) >= 11 is 0. The third kappa shape index (κ3) is 2.77. The van der Waals surface area contributed by atoms with Crippen LogP contribution in [0.25, 0.3) is 0 Å². The van der Waals surface area contributed by atoms with Crippen LogP contribution in [0.2, 0.25) is 0 Å². The van der Waals surface area contributed by atoms with Crippen molar-refractivity contribution in [3.63, 3.8) is 0 Å². The highest BCUT2D eigenvalue weighted by Crippen LogP contribution is 2.36. The molecule has 0 saturated heterocycles. The highest BCUT2D eigenvalue weighted by Gasteiger charge is 2.35. The van der Waals surface area contributed by atoms with Crippen LogP contribution in [0.5, 0.6) is 0 Å². The third-order valence-electron chi connectivity index (χ3n) is 4.91. The van der Waals surface area contributed by atoms with Gasteiger partial charge in [0.25, 0.3) is 0 Å². The van der Waals surface area contributed by atoms with Gasteiger partial charge in [-0.05, 0) is 18.6 Å². The Hall–Kier alpha value is -2.76. The first-order chi connectivity index (χ1) is 12.0. The van der Waals surface area contributed by atoms with Gasteiger partial charge in [0.1, 0.15) is 5.82 Å². The summed E-state index contributed by atoms with van der Waals surface area (Å²) in [7, 11) is 0. The van der Waals surface area contributed by atoms with Gasteiger partial charge in [-0.1, -0.05) is 24.6 Å². The number of hydrogen-bond acceptors (Lipinski definition) is 4. The molecule has 2 amide bonds. The number of nitrogens with zero attached hydrogens (tertiary/aromatic N) is 3. The zero-order valence-corrected chi connectivity index (χ0v) is 14.4. The molecule has 1 N–H and O–H groups in total. The second-order valence-electron chi connectivity index (χ2n) is 6.70. The smallest absolute Gasteiger partial charge is 0.232 e. The van der Waals surface area contributed by atoms with E-state index in [-0.39, 0.29) is 18.2 Å². The van der Waals surface area contributed by atoms with Gasteiger partial charge >= 0.3 is 0 Å².